The predicted molar refractivity (Wildman–Crippen MR) is 143 cm³/mol. The lowest BCUT2D eigenvalue weighted by Crippen LogP contribution is -2.50. The third-order valence-corrected chi connectivity index (χ3v) is 6.60. The van der Waals surface area contributed by atoms with Gasteiger partial charge in [0, 0.05) is 37.9 Å². The first-order valence-corrected chi connectivity index (χ1v) is 13.1. The number of carbonyl (C=O) groups excluding carboxylic acids is 3. The lowest BCUT2D eigenvalue weighted by Gasteiger charge is -2.30. The quantitative estimate of drug-likeness (QED) is 0.463. The summed E-state index contributed by atoms with van der Waals surface area (Å²) >= 11 is 6.28. The van der Waals surface area contributed by atoms with Crippen molar-refractivity contribution in [3.8, 4) is 5.75 Å². The van der Waals surface area contributed by atoms with Gasteiger partial charge in [0.1, 0.15) is 5.75 Å². The Morgan fingerprint density at radius 2 is 1.90 bits per heavy atom. The largest absolute Gasteiger partial charge is 0.484 e. The molecule has 40 heavy (non-hydrogen) atoms. The van der Waals surface area contributed by atoms with E-state index < -0.39 is 30.8 Å². The zero-order chi connectivity index (χ0) is 29.4. The number of aliphatic hydroxyl groups is 1. The molecule has 218 valence electrons. The van der Waals surface area contributed by atoms with E-state index in [2.05, 4.69) is 5.32 Å². The first-order chi connectivity index (χ1) is 18.9. The number of ether oxygens (including phenoxy) is 1. The van der Waals surface area contributed by atoms with Gasteiger partial charge in [0.25, 0.3) is 5.91 Å². The molecule has 0 aliphatic carbocycles. The number of carbonyl (C=O) groups is 3. The lowest BCUT2D eigenvalue weighted by molar-refractivity contribution is -0.153. The third kappa shape index (κ3) is 8.01. The van der Waals surface area contributed by atoms with Crippen molar-refractivity contribution in [2.24, 2.45) is 0 Å². The Kier molecular flexibility index (Phi) is 10.6. The van der Waals surface area contributed by atoms with E-state index in [0.29, 0.717) is 24.2 Å². The van der Waals surface area contributed by atoms with E-state index in [9.17, 15) is 32.7 Å². The van der Waals surface area contributed by atoms with Crippen LogP contribution in [0.1, 0.15) is 36.2 Å². The van der Waals surface area contributed by atoms with Crippen LogP contribution in [-0.4, -0.2) is 84.4 Å². The van der Waals surface area contributed by atoms with Crippen LogP contribution in [0.2, 0.25) is 5.02 Å². The van der Waals surface area contributed by atoms with Gasteiger partial charge in [-0.15, -0.1) is 0 Å². The summed E-state index contributed by atoms with van der Waals surface area (Å²) in [5, 5.41) is 11.8. The van der Waals surface area contributed by atoms with Crippen LogP contribution >= 0.6 is 11.6 Å². The third-order valence-electron chi connectivity index (χ3n) is 6.29. The Labute approximate surface area is 235 Å². The highest BCUT2D eigenvalue weighted by atomic mass is 35.5. The number of anilines is 1. The van der Waals surface area contributed by atoms with E-state index >= 15 is 0 Å². The van der Waals surface area contributed by atoms with Gasteiger partial charge in [0.15, 0.2) is 6.61 Å². The molecule has 4 amide bonds. The molecule has 0 saturated heterocycles. The summed E-state index contributed by atoms with van der Waals surface area (Å²) < 4.78 is 42.2. The molecule has 2 aromatic rings. The number of alkyl halides is 3. The van der Waals surface area contributed by atoms with Gasteiger partial charge < -0.3 is 29.9 Å². The lowest BCUT2D eigenvalue weighted by atomic mass is 10.1. The average molecular weight is 585 g/mol. The number of aliphatic hydroxyl groups excluding tert-OH is 1. The minimum absolute atomic E-state index is 0.0615. The second-order valence-corrected chi connectivity index (χ2v) is 9.74. The highest BCUT2D eigenvalue weighted by Crippen LogP contribution is 2.31. The van der Waals surface area contributed by atoms with E-state index in [1.807, 2.05) is 6.92 Å². The molecule has 3 rings (SSSR count). The summed E-state index contributed by atoms with van der Waals surface area (Å²) in [7, 11) is 0. The normalized spacial score (nSPS) is 15.2. The molecule has 1 aliphatic heterocycles. The number of nitrogens with one attached hydrogen (secondary N) is 1. The van der Waals surface area contributed by atoms with Gasteiger partial charge in [-0.3, -0.25) is 9.59 Å². The average Bonchev–Trinajstić information content (AvgIpc) is 3.06. The molecular weight excluding hydrogens is 553 g/mol. The monoisotopic (exact) mass is 584 g/mol. The number of fused-ring (bicyclic) bond motifs is 1. The SMILES string of the molecule is CCCN(CCO)C(=O)CNC(=O)N1Cc2ccccc2N(C(=O)c2ccc(OCC(F)(F)F)cc2Cl)C[C@H]1C. The maximum atomic E-state index is 13.6. The number of hydrogen-bond donors (Lipinski definition) is 2. The van der Waals surface area contributed by atoms with Gasteiger partial charge >= 0.3 is 12.2 Å². The Balaban J connectivity index is 1.78. The van der Waals surface area contributed by atoms with Crippen LogP contribution < -0.4 is 15.0 Å². The molecule has 0 aromatic heterocycles. The number of halogens is 4. The maximum Gasteiger partial charge on any atom is 0.422 e. The molecule has 0 unspecified atom stereocenters. The fourth-order valence-corrected chi connectivity index (χ4v) is 4.61. The Hall–Kier alpha value is -3.51. The summed E-state index contributed by atoms with van der Waals surface area (Å²) in [6.45, 7) is 2.63. The van der Waals surface area contributed by atoms with Crippen molar-refractivity contribution in [3.05, 3.63) is 58.6 Å². The first kappa shape index (κ1) is 31.0. The van der Waals surface area contributed by atoms with Crippen molar-refractivity contribution in [1.29, 1.82) is 0 Å². The van der Waals surface area contributed by atoms with E-state index in [-0.39, 0.29) is 55.0 Å². The van der Waals surface area contributed by atoms with Gasteiger partial charge in [0.2, 0.25) is 5.91 Å². The van der Waals surface area contributed by atoms with Gasteiger partial charge in [-0.1, -0.05) is 36.7 Å². The van der Waals surface area contributed by atoms with Crippen LogP contribution in [0.5, 0.6) is 5.75 Å². The zero-order valence-electron chi connectivity index (χ0n) is 22.2. The van der Waals surface area contributed by atoms with Crippen molar-refractivity contribution in [2.45, 2.75) is 39.0 Å². The van der Waals surface area contributed by atoms with E-state index in [0.717, 1.165) is 6.07 Å². The van der Waals surface area contributed by atoms with E-state index in [4.69, 9.17) is 16.3 Å². The molecule has 0 radical (unpaired) electrons. The number of para-hydroxylation sites is 1. The number of benzene rings is 2. The highest BCUT2D eigenvalue weighted by molar-refractivity contribution is 6.34. The fourth-order valence-electron chi connectivity index (χ4n) is 4.36. The minimum atomic E-state index is -4.52. The standard InChI is InChI=1S/C27H32ClF3N4O5/c1-3-10-33(11-12-36)24(37)14-32-26(39)34-16-19-6-4-5-7-23(19)35(15-18(34)2)25(38)21-9-8-20(13-22(21)28)40-17-27(29,30)31/h4-9,13,18,36H,3,10-12,14-17H2,1-2H3,(H,32,39)/t18-/m1/s1. The summed E-state index contributed by atoms with van der Waals surface area (Å²) in [5.41, 5.74) is 1.29. The number of nitrogens with zero attached hydrogens (tertiary/aromatic N) is 3. The molecule has 0 bridgehead atoms. The molecule has 13 heteroatoms. The topological polar surface area (TPSA) is 102 Å². The van der Waals surface area contributed by atoms with Crippen molar-refractivity contribution in [2.75, 3.05) is 44.3 Å². The van der Waals surface area contributed by atoms with Crippen LogP contribution in [-0.2, 0) is 11.3 Å². The van der Waals surface area contributed by atoms with Crippen LogP contribution in [0, 0.1) is 0 Å². The molecule has 1 aliphatic rings. The Bertz CT molecular complexity index is 1210. The van der Waals surface area contributed by atoms with Crippen molar-refractivity contribution in [1.82, 2.24) is 15.1 Å². The van der Waals surface area contributed by atoms with Crippen LogP contribution in [0.4, 0.5) is 23.7 Å². The van der Waals surface area contributed by atoms with E-state index in [1.54, 1.807) is 31.2 Å². The summed E-state index contributed by atoms with van der Waals surface area (Å²) in [5.74, 6) is -0.943. The van der Waals surface area contributed by atoms with Crippen LogP contribution in [0.15, 0.2) is 42.5 Å². The molecule has 2 N–H and O–H groups in total. The molecule has 0 fully saturated rings. The Morgan fingerprint density at radius 1 is 1.18 bits per heavy atom. The van der Waals surface area contributed by atoms with Crippen molar-refractivity contribution < 1.29 is 37.4 Å². The van der Waals surface area contributed by atoms with Crippen molar-refractivity contribution >= 4 is 35.1 Å². The first-order valence-electron chi connectivity index (χ1n) is 12.8. The van der Waals surface area contributed by atoms with Crippen LogP contribution in [0.25, 0.3) is 0 Å². The van der Waals surface area contributed by atoms with E-state index in [1.165, 1.54) is 26.8 Å². The highest BCUT2D eigenvalue weighted by Gasteiger charge is 2.33. The number of hydrogen-bond acceptors (Lipinski definition) is 5. The smallest absolute Gasteiger partial charge is 0.422 e. The van der Waals surface area contributed by atoms with Crippen molar-refractivity contribution in [3.63, 3.8) is 0 Å². The molecule has 1 heterocycles. The molecule has 0 saturated carbocycles. The summed E-state index contributed by atoms with van der Waals surface area (Å²) in [4.78, 5) is 43.8. The summed E-state index contributed by atoms with van der Waals surface area (Å²) in [6.07, 6.45) is -3.82. The van der Waals surface area contributed by atoms with Gasteiger partial charge in [-0.25, -0.2) is 4.79 Å². The second kappa shape index (κ2) is 13.7. The molecule has 2 aromatic carbocycles. The minimum Gasteiger partial charge on any atom is -0.484 e. The number of rotatable bonds is 9. The van der Waals surface area contributed by atoms with Crippen LogP contribution in [0.3, 0.4) is 0 Å². The number of urea groups is 1. The molecular formula is C27H32ClF3N4O5. The zero-order valence-corrected chi connectivity index (χ0v) is 23.0. The fraction of sp³-hybridized carbons (Fsp3) is 0.444. The predicted octanol–water partition coefficient (Wildman–Crippen LogP) is 4.07. The van der Waals surface area contributed by atoms with Gasteiger partial charge in [-0.05, 0) is 43.2 Å². The Morgan fingerprint density at radius 3 is 2.55 bits per heavy atom. The molecule has 0 spiro atoms. The maximum absolute atomic E-state index is 13.6. The van der Waals surface area contributed by atoms with Gasteiger partial charge in [0.05, 0.1) is 23.7 Å². The van der Waals surface area contributed by atoms with Gasteiger partial charge in [-0.2, -0.15) is 13.2 Å². The summed E-state index contributed by atoms with van der Waals surface area (Å²) in [6, 6.07) is 9.76. The second-order valence-electron chi connectivity index (χ2n) is 9.33. The number of amides is 4. The molecule has 1 atom stereocenters. The molecule has 9 nitrogen and oxygen atoms in total.